The predicted molar refractivity (Wildman–Crippen MR) is 106 cm³/mol. The molecule has 1 unspecified atom stereocenters. The van der Waals surface area contributed by atoms with E-state index < -0.39 is 0 Å². The van der Waals surface area contributed by atoms with Gasteiger partial charge in [0.1, 0.15) is 0 Å². The van der Waals surface area contributed by atoms with Gasteiger partial charge >= 0.3 is 0 Å². The van der Waals surface area contributed by atoms with Crippen LogP contribution in [-0.4, -0.2) is 55.0 Å². The number of nitriles is 1. The number of nitrogens with one attached hydrogen (secondary N) is 1. The first-order chi connectivity index (χ1) is 12.8. The summed E-state index contributed by atoms with van der Waals surface area (Å²) in [5.41, 5.74) is 1.84. The van der Waals surface area contributed by atoms with Gasteiger partial charge in [-0.15, -0.1) is 0 Å². The SMILES string of the molecule is CCNC(=NCc1ccc(C#N)cc1)N1CCC(CN2CCCCC2)C1. The highest BCUT2D eigenvalue weighted by atomic mass is 15.3. The average molecular weight is 354 g/mol. The Morgan fingerprint density at radius 1 is 1.19 bits per heavy atom. The van der Waals surface area contributed by atoms with Gasteiger partial charge in [0.2, 0.25) is 0 Å². The number of piperidine rings is 1. The highest BCUT2D eigenvalue weighted by Crippen LogP contribution is 2.20. The Kier molecular flexibility index (Phi) is 6.90. The normalized spacial score (nSPS) is 21.6. The van der Waals surface area contributed by atoms with Crippen molar-refractivity contribution in [2.75, 3.05) is 39.3 Å². The minimum absolute atomic E-state index is 0.654. The van der Waals surface area contributed by atoms with Gasteiger partial charge < -0.3 is 15.1 Å². The molecule has 140 valence electrons. The van der Waals surface area contributed by atoms with Gasteiger partial charge in [0.15, 0.2) is 5.96 Å². The summed E-state index contributed by atoms with van der Waals surface area (Å²) in [7, 11) is 0. The van der Waals surface area contributed by atoms with E-state index in [0.717, 1.165) is 37.1 Å². The Hall–Kier alpha value is -2.06. The van der Waals surface area contributed by atoms with Crippen LogP contribution in [-0.2, 0) is 6.54 Å². The quantitative estimate of drug-likeness (QED) is 0.653. The smallest absolute Gasteiger partial charge is 0.194 e. The lowest BCUT2D eigenvalue weighted by Gasteiger charge is -2.29. The molecule has 0 radical (unpaired) electrons. The summed E-state index contributed by atoms with van der Waals surface area (Å²) in [6, 6.07) is 9.88. The molecule has 0 aromatic heterocycles. The maximum absolute atomic E-state index is 8.90. The van der Waals surface area contributed by atoms with Gasteiger partial charge in [-0.25, -0.2) is 4.99 Å². The Balaban J connectivity index is 1.55. The molecule has 0 amide bonds. The molecule has 2 heterocycles. The van der Waals surface area contributed by atoms with E-state index in [1.165, 1.54) is 45.3 Å². The Bertz CT molecular complexity index is 625. The number of benzene rings is 1. The molecule has 1 atom stereocenters. The molecule has 5 nitrogen and oxygen atoms in total. The summed E-state index contributed by atoms with van der Waals surface area (Å²) < 4.78 is 0. The van der Waals surface area contributed by atoms with E-state index in [1.54, 1.807) is 0 Å². The van der Waals surface area contributed by atoms with Crippen molar-refractivity contribution in [1.29, 1.82) is 5.26 Å². The van der Waals surface area contributed by atoms with Gasteiger partial charge in [0, 0.05) is 26.2 Å². The molecular weight excluding hydrogens is 322 g/mol. The number of rotatable bonds is 5. The van der Waals surface area contributed by atoms with E-state index in [0.29, 0.717) is 12.1 Å². The minimum atomic E-state index is 0.654. The molecule has 26 heavy (non-hydrogen) atoms. The van der Waals surface area contributed by atoms with Gasteiger partial charge in [-0.1, -0.05) is 18.6 Å². The Labute approximate surface area is 157 Å². The van der Waals surface area contributed by atoms with Crippen molar-refractivity contribution >= 4 is 5.96 Å². The van der Waals surface area contributed by atoms with E-state index in [4.69, 9.17) is 10.3 Å². The Morgan fingerprint density at radius 2 is 1.96 bits per heavy atom. The topological polar surface area (TPSA) is 54.7 Å². The summed E-state index contributed by atoms with van der Waals surface area (Å²) in [4.78, 5) is 9.91. The first kappa shape index (κ1) is 18.7. The minimum Gasteiger partial charge on any atom is -0.357 e. The summed E-state index contributed by atoms with van der Waals surface area (Å²) in [6.45, 7) is 9.67. The second kappa shape index (κ2) is 9.59. The molecule has 0 saturated carbocycles. The van der Waals surface area contributed by atoms with Gasteiger partial charge in [-0.3, -0.25) is 0 Å². The maximum atomic E-state index is 8.90. The number of likely N-dealkylation sites (tertiary alicyclic amines) is 2. The van der Waals surface area contributed by atoms with Gasteiger partial charge in [0.05, 0.1) is 18.2 Å². The summed E-state index contributed by atoms with van der Waals surface area (Å²) in [6.07, 6.45) is 5.40. The van der Waals surface area contributed by atoms with Crippen LogP contribution in [0.5, 0.6) is 0 Å². The molecule has 2 saturated heterocycles. The van der Waals surface area contributed by atoms with E-state index in [9.17, 15) is 0 Å². The lowest BCUT2D eigenvalue weighted by atomic mass is 10.1. The molecule has 1 N–H and O–H groups in total. The third-order valence-electron chi connectivity index (χ3n) is 5.38. The van der Waals surface area contributed by atoms with Crippen LogP contribution in [0.2, 0.25) is 0 Å². The van der Waals surface area contributed by atoms with Crippen molar-refractivity contribution in [2.24, 2.45) is 10.9 Å². The first-order valence-corrected chi connectivity index (χ1v) is 10.0. The van der Waals surface area contributed by atoms with Crippen molar-refractivity contribution in [3.05, 3.63) is 35.4 Å². The van der Waals surface area contributed by atoms with E-state index >= 15 is 0 Å². The molecule has 2 aliphatic rings. The fraction of sp³-hybridized carbons (Fsp3) is 0.619. The predicted octanol–water partition coefficient (Wildman–Crippen LogP) is 2.83. The number of hydrogen-bond donors (Lipinski definition) is 1. The second-order valence-electron chi connectivity index (χ2n) is 7.44. The number of aliphatic imine (C=N–C) groups is 1. The van der Waals surface area contributed by atoms with E-state index in [1.807, 2.05) is 24.3 Å². The van der Waals surface area contributed by atoms with Crippen LogP contribution in [0.15, 0.2) is 29.3 Å². The van der Waals surface area contributed by atoms with Crippen molar-refractivity contribution in [1.82, 2.24) is 15.1 Å². The molecule has 1 aromatic carbocycles. The summed E-state index contributed by atoms with van der Waals surface area (Å²) >= 11 is 0. The molecule has 2 fully saturated rings. The highest BCUT2D eigenvalue weighted by molar-refractivity contribution is 5.80. The Morgan fingerprint density at radius 3 is 2.65 bits per heavy atom. The van der Waals surface area contributed by atoms with Gasteiger partial charge in [-0.05, 0) is 62.9 Å². The van der Waals surface area contributed by atoms with Crippen LogP contribution in [0.1, 0.15) is 43.7 Å². The third kappa shape index (κ3) is 5.22. The largest absolute Gasteiger partial charge is 0.357 e. The molecule has 3 rings (SSSR count). The van der Waals surface area contributed by atoms with Crippen LogP contribution in [0.3, 0.4) is 0 Å². The van der Waals surface area contributed by atoms with Crippen molar-refractivity contribution in [3.8, 4) is 6.07 Å². The second-order valence-corrected chi connectivity index (χ2v) is 7.44. The molecule has 2 aliphatic heterocycles. The molecule has 0 bridgehead atoms. The number of hydrogen-bond acceptors (Lipinski definition) is 3. The average Bonchev–Trinajstić information content (AvgIpc) is 3.14. The first-order valence-electron chi connectivity index (χ1n) is 10.0. The number of nitrogens with zero attached hydrogens (tertiary/aromatic N) is 4. The van der Waals surface area contributed by atoms with Gasteiger partial charge in [0.25, 0.3) is 0 Å². The summed E-state index contributed by atoms with van der Waals surface area (Å²) in [5, 5.41) is 12.4. The third-order valence-corrected chi connectivity index (χ3v) is 5.38. The van der Waals surface area contributed by atoms with Crippen LogP contribution in [0.4, 0.5) is 0 Å². The molecule has 0 spiro atoms. The lowest BCUT2D eigenvalue weighted by molar-refractivity contribution is 0.198. The van der Waals surface area contributed by atoms with Crippen LogP contribution >= 0.6 is 0 Å². The fourth-order valence-electron chi connectivity index (χ4n) is 3.96. The monoisotopic (exact) mass is 353 g/mol. The standard InChI is InChI=1S/C21H31N5/c1-2-23-21(24-15-19-8-6-18(14-22)7-9-19)26-13-10-20(17-26)16-25-11-4-3-5-12-25/h6-9,20H,2-5,10-13,15-17H2,1H3,(H,23,24). The lowest BCUT2D eigenvalue weighted by Crippen LogP contribution is -2.41. The van der Waals surface area contributed by atoms with Gasteiger partial charge in [-0.2, -0.15) is 5.26 Å². The highest BCUT2D eigenvalue weighted by Gasteiger charge is 2.26. The van der Waals surface area contributed by atoms with Crippen LogP contribution in [0, 0.1) is 17.2 Å². The van der Waals surface area contributed by atoms with Crippen LogP contribution < -0.4 is 5.32 Å². The van der Waals surface area contributed by atoms with E-state index in [2.05, 4.69) is 28.1 Å². The van der Waals surface area contributed by atoms with Crippen molar-refractivity contribution in [3.63, 3.8) is 0 Å². The number of guanidine groups is 1. The molecular formula is C21H31N5. The zero-order valence-corrected chi connectivity index (χ0v) is 16.0. The summed E-state index contributed by atoms with van der Waals surface area (Å²) in [5.74, 6) is 1.78. The maximum Gasteiger partial charge on any atom is 0.194 e. The molecule has 5 heteroatoms. The molecule has 1 aromatic rings. The zero-order valence-electron chi connectivity index (χ0n) is 16.0. The fourth-order valence-corrected chi connectivity index (χ4v) is 3.96. The van der Waals surface area contributed by atoms with Crippen LogP contribution in [0.25, 0.3) is 0 Å². The van der Waals surface area contributed by atoms with Crippen molar-refractivity contribution in [2.45, 2.75) is 39.2 Å². The van der Waals surface area contributed by atoms with Crippen molar-refractivity contribution < 1.29 is 0 Å². The zero-order chi connectivity index (χ0) is 18.2. The molecule has 0 aliphatic carbocycles. The van der Waals surface area contributed by atoms with E-state index in [-0.39, 0.29) is 0 Å².